The first kappa shape index (κ1) is 14.4. The first-order valence-corrected chi connectivity index (χ1v) is 7.09. The Morgan fingerprint density at radius 2 is 1.79 bits per heavy atom. The van der Waals surface area contributed by atoms with E-state index in [2.05, 4.69) is 0 Å². The lowest BCUT2D eigenvalue weighted by Gasteiger charge is -2.33. The van der Waals surface area contributed by atoms with Crippen molar-refractivity contribution < 1.29 is 9.84 Å². The second kappa shape index (κ2) is 5.51. The molecule has 2 atom stereocenters. The minimum absolute atomic E-state index is 0.199. The van der Waals surface area contributed by atoms with Gasteiger partial charge >= 0.3 is 0 Å². The van der Waals surface area contributed by atoms with Crippen LogP contribution < -0.4 is 10.5 Å². The molecule has 1 aliphatic carbocycles. The highest BCUT2D eigenvalue weighted by Crippen LogP contribution is 2.34. The Kier molecular flexibility index (Phi) is 4.16. The fourth-order valence-corrected chi connectivity index (χ4v) is 2.38. The Labute approximate surface area is 115 Å². The van der Waals surface area contributed by atoms with Crippen molar-refractivity contribution in [2.75, 3.05) is 0 Å². The third-order valence-corrected chi connectivity index (χ3v) is 3.69. The zero-order chi connectivity index (χ0) is 14.0. The smallest absolute Gasteiger partial charge is 0.120 e. The standard InChI is InChI=1S/C16H25NO2/c1-16(2,3)19-13-9-7-11(8-10-13)14(17)15(18)12-5-4-6-12/h7-10,12,14-15,18H,4-6,17H2,1-3H3/t14-,15+/m0/s1. The number of hydrogen-bond acceptors (Lipinski definition) is 3. The summed E-state index contributed by atoms with van der Waals surface area (Å²) in [6.45, 7) is 6.06. The summed E-state index contributed by atoms with van der Waals surface area (Å²) < 4.78 is 5.77. The van der Waals surface area contributed by atoms with Crippen LogP contribution in [-0.4, -0.2) is 16.8 Å². The second-order valence-electron chi connectivity index (χ2n) is 6.49. The van der Waals surface area contributed by atoms with Gasteiger partial charge in [0.25, 0.3) is 0 Å². The van der Waals surface area contributed by atoms with E-state index in [1.54, 1.807) is 0 Å². The fraction of sp³-hybridized carbons (Fsp3) is 0.625. The molecule has 0 unspecified atom stereocenters. The van der Waals surface area contributed by atoms with Gasteiger partial charge in [-0.05, 0) is 57.2 Å². The van der Waals surface area contributed by atoms with E-state index < -0.39 is 6.10 Å². The molecule has 3 heteroatoms. The molecule has 1 aliphatic rings. The summed E-state index contributed by atoms with van der Waals surface area (Å²) in [5.41, 5.74) is 6.91. The zero-order valence-corrected chi connectivity index (χ0v) is 12.1. The number of nitrogens with two attached hydrogens (primary N) is 1. The molecule has 3 N–H and O–H groups in total. The maximum absolute atomic E-state index is 10.2. The number of hydrogen-bond donors (Lipinski definition) is 2. The minimum Gasteiger partial charge on any atom is -0.488 e. The van der Waals surface area contributed by atoms with Crippen molar-refractivity contribution in [1.82, 2.24) is 0 Å². The molecule has 0 heterocycles. The summed E-state index contributed by atoms with van der Waals surface area (Å²) in [4.78, 5) is 0. The zero-order valence-electron chi connectivity index (χ0n) is 12.1. The van der Waals surface area contributed by atoms with Gasteiger partial charge in [-0.25, -0.2) is 0 Å². The number of aliphatic hydroxyl groups is 1. The fourth-order valence-electron chi connectivity index (χ4n) is 2.38. The predicted octanol–water partition coefficient (Wildman–Crippen LogP) is 3.02. The molecule has 1 fully saturated rings. The first-order chi connectivity index (χ1) is 8.87. The van der Waals surface area contributed by atoms with E-state index in [0.717, 1.165) is 24.2 Å². The van der Waals surface area contributed by atoms with Crippen molar-refractivity contribution in [3.63, 3.8) is 0 Å². The predicted molar refractivity (Wildman–Crippen MR) is 77.1 cm³/mol. The lowest BCUT2D eigenvalue weighted by atomic mass is 9.77. The molecule has 106 valence electrons. The Balaban J connectivity index is 2.01. The summed E-state index contributed by atoms with van der Waals surface area (Å²) in [5.74, 6) is 1.21. The Bertz CT molecular complexity index is 404. The van der Waals surface area contributed by atoms with Gasteiger partial charge in [-0.1, -0.05) is 18.6 Å². The van der Waals surface area contributed by atoms with Crippen LogP contribution in [0.2, 0.25) is 0 Å². The Morgan fingerprint density at radius 3 is 2.21 bits per heavy atom. The highest BCUT2D eigenvalue weighted by Gasteiger charge is 2.30. The third kappa shape index (κ3) is 3.71. The van der Waals surface area contributed by atoms with Crippen LogP contribution in [-0.2, 0) is 0 Å². The number of benzene rings is 1. The van der Waals surface area contributed by atoms with Crippen LogP contribution in [0, 0.1) is 5.92 Å². The third-order valence-electron chi connectivity index (χ3n) is 3.69. The summed E-state index contributed by atoms with van der Waals surface area (Å²) in [7, 11) is 0. The Hall–Kier alpha value is -1.06. The van der Waals surface area contributed by atoms with Crippen molar-refractivity contribution >= 4 is 0 Å². The van der Waals surface area contributed by atoms with Gasteiger partial charge in [0.15, 0.2) is 0 Å². The first-order valence-electron chi connectivity index (χ1n) is 7.09. The average Bonchev–Trinajstić information content (AvgIpc) is 2.24. The van der Waals surface area contributed by atoms with E-state index >= 15 is 0 Å². The van der Waals surface area contributed by atoms with Gasteiger partial charge in [-0.3, -0.25) is 0 Å². The van der Waals surface area contributed by atoms with Crippen LogP contribution in [0.5, 0.6) is 5.75 Å². The topological polar surface area (TPSA) is 55.5 Å². The lowest BCUT2D eigenvalue weighted by molar-refractivity contribution is 0.0413. The van der Waals surface area contributed by atoms with E-state index in [1.165, 1.54) is 6.42 Å². The maximum Gasteiger partial charge on any atom is 0.120 e. The lowest BCUT2D eigenvalue weighted by Crippen LogP contribution is -2.36. The summed E-state index contributed by atoms with van der Waals surface area (Å²) in [6, 6.07) is 7.46. The van der Waals surface area contributed by atoms with E-state index in [1.807, 2.05) is 45.0 Å². The molecule has 19 heavy (non-hydrogen) atoms. The van der Waals surface area contributed by atoms with Crippen LogP contribution in [0.3, 0.4) is 0 Å². The van der Waals surface area contributed by atoms with Crippen LogP contribution >= 0.6 is 0 Å². The van der Waals surface area contributed by atoms with Crippen molar-refractivity contribution in [2.24, 2.45) is 11.7 Å². The molecule has 0 spiro atoms. The van der Waals surface area contributed by atoms with Crippen molar-refractivity contribution in [2.45, 2.75) is 57.8 Å². The molecule has 0 saturated heterocycles. The van der Waals surface area contributed by atoms with E-state index in [-0.39, 0.29) is 11.6 Å². The number of ether oxygens (including phenoxy) is 1. The average molecular weight is 263 g/mol. The molecule has 0 radical (unpaired) electrons. The maximum atomic E-state index is 10.2. The van der Waals surface area contributed by atoms with Crippen LogP contribution in [0.1, 0.15) is 51.6 Å². The molecule has 1 saturated carbocycles. The van der Waals surface area contributed by atoms with E-state index in [0.29, 0.717) is 5.92 Å². The molecule has 1 aromatic carbocycles. The highest BCUT2D eigenvalue weighted by molar-refractivity contribution is 5.30. The summed E-state index contributed by atoms with van der Waals surface area (Å²) >= 11 is 0. The normalized spacial score (nSPS) is 19.6. The number of rotatable bonds is 4. The molecule has 0 aliphatic heterocycles. The summed E-state index contributed by atoms with van der Waals surface area (Å²) in [6.07, 6.45) is 2.98. The van der Waals surface area contributed by atoms with E-state index in [4.69, 9.17) is 10.5 Å². The molecule has 1 aromatic rings. The van der Waals surface area contributed by atoms with Gasteiger partial charge in [0.05, 0.1) is 12.1 Å². The van der Waals surface area contributed by atoms with E-state index in [9.17, 15) is 5.11 Å². The largest absolute Gasteiger partial charge is 0.488 e. The van der Waals surface area contributed by atoms with Gasteiger partial charge in [0, 0.05) is 0 Å². The molecule has 0 aromatic heterocycles. The SMILES string of the molecule is CC(C)(C)Oc1ccc([C@H](N)[C@H](O)C2CCC2)cc1. The van der Waals surface area contributed by atoms with Gasteiger partial charge < -0.3 is 15.6 Å². The highest BCUT2D eigenvalue weighted by atomic mass is 16.5. The van der Waals surface area contributed by atoms with Crippen LogP contribution in [0.15, 0.2) is 24.3 Å². The molecular formula is C16H25NO2. The van der Waals surface area contributed by atoms with Crippen LogP contribution in [0.4, 0.5) is 0 Å². The van der Waals surface area contributed by atoms with Gasteiger partial charge in [0.1, 0.15) is 11.4 Å². The second-order valence-corrected chi connectivity index (χ2v) is 6.49. The molecular weight excluding hydrogens is 238 g/mol. The van der Waals surface area contributed by atoms with Crippen LogP contribution in [0.25, 0.3) is 0 Å². The van der Waals surface area contributed by atoms with Crippen molar-refractivity contribution in [3.05, 3.63) is 29.8 Å². The van der Waals surface area contributed by atoms with Gasteiger partial charge in [-0.15, -0.1) is 0 Å². The number of aliphatic hydroxyl groups excluding tert-OH is 1. The quantitative estimate of drug-likeness (QED) is 0.878. The summed E-state index contributed by atoms with van der Waals surface area (Å²) in [5, 5.41) is 10.2. The van der Waals surface area contributed by atoms with Gasteiger partial charge in [-0.2, -0.15) is 0 Å². The molecule has 0 amide bonds. The van der Waals surface area contributed by atoms with Crippen molar-refractivity contribution in [3.8, 4) is 5.75 Å². The molecule has 0 bridgehead atoms. The Morgan fingerprint density at radius 1 is 1.21 bits per heavy atom. The van der Waals surface area contributed by atoms with Gasteiger partial charge in [0.2, 0.25) is 0 Å². The monoisotopic (exact) mass is 263 g/mol. The van der Waals surface area contributed by atoms with Crippen molar-refractivity contribution in [1.29, 1.82) is 0 Å². The molecule has 3 nitrogen and oxygen atoms in total. The molecule has 2 rings (SSSR count). The minimum atomic E-state index is -0.428.